The lowest BCUT2D eigenvalue weighted by Gasteiger charge is -2.38. The molecule has 0 bridgehead atoms. The van der Waals surface area contributed by atoms with Crippen LogP contribution >= 0.6 is 0 Å². The fourth-order valence-electron chi connectivity index (χ4n) is 3.15. The molecule has 4 rings (SSSR count). The van der Waals surface area contributed by atoms with Crippen LogP contribution in [0.25, 0.3) is 11.6 Å². The van der Waals surface area contributed by atoms with E-state index in [1.54, 1.807) is 18.5 Å². The summed E-state index contributed by atoms with van der Waals surface area (Å²) in [6.45, 7) is 1.35. The minimum atomic E-state index is 0.135. The van der Waals surface area contributed by atoms with Crippen LogP contribution in [0.3, 0.4) is 0 Å². The molecule has 114 valence electrons. The number of rotatable bonds is 3. The van der Waals surface area contributed by atoms with Crippen molar-refractivity contribution in [2.24, 2.45) is 5.92 Å². The number of likely N-dealkylation sites (tertiary alicyclic amines) is 1. The van der Waals surface area contributed by atoms with E-state index in [-0.39, 0.29) is 11.8 Å². The fraction of sp³-hybridized carbons (Fsp3) is 0.533. The molecule has 0 N–H and O–H groups in total. The third-order valence-electron chi connectivity index (χ3n) is 4.45. The highest BCUT2D eigenvalue weighted by Crippen LogP contribution is 2.32. The van der Waals surface area contributed by atoms with Gasteiger partial charge in [-0.1, -0.05) is 18.0 Å². The first kappa shape index (κ1) is 13.4. The Labute approximate surface area is 127 Å². The highest BCUT2D eigenvalue weighted by atomic mass is 16.5. The molecule has 2 aliphatic rings. The molecule has 1 saturated heterocycles. The summed E-state index contributed by atoms with van der Waals surface area (Å²) < 4.78 is 5.30. The third-order valence-corrected chi connectivity index (χ3v) is 4.45. The molecule has 1 aliphatic heterocycles. The first-order valence-electron chi connectivity index (χ1n) is 7.71. The van der Waals surface area contributed by atoms with Crippen molar-refractivity contribution >= 4 is 5.91 Å². The second-order valence-corrected chi connectivity index (χ2v) is 5.95. The molecular weight excluding hydrogens is 282 g/mol. The molecule has 1 saturated carbocycles. The smallest absolute Gasteiger partial charge is 0.240 e. The molecule has 0 radical (unpaired) electrons. The van der Waals surface area contributed by atoms with Gasteiger partial charge in [0.05, 0.1) is 5.92 Å². The van der Waals surface area contributed by atoms with Crippen molar-refractivity contribution < 1.29 is 9.32 Å². The Balaban J connectivity index is 1.39. The van der Waals surface area contributed by atoms with Crippen molar-refractivity contribution in [3.8, 4) is 11.6 Å². The maximum Gasteiger partial charge on any atom is 0.240 e. The van der Waals surface area contributed by atoms with Gasteiger partial charge in [-0.2, -0.15) is 4.98 Å². The van der Waals surface area contributed by atoms with Gasteiger partial charge in [-0.05, 0) is 18.9 Å². The van der Waals surface area contributed by atoms with E-state index in [0.29, 0.717) is 36.5 Å². The Hall–Kier alpha value is -2.31. The molecule has 1 aliphatic carbocycles. The van der Waals surface area contributed by atoms with E-state index < -0.39 is 0 Å². The second-order valence-electron chi connectivity index (χ2n) is 5.95. The van der Waals surface area contributed by atoms with Crippen LogP contribution in [-0.2, 0) is 4.79 Å². The quantitative estimate of drug-likeness (QED) is 0.856. The lowest BCUT2D eigenvalue weighted by Crippen LogP contribution is -2.50. The molecule has 7 nitrogen and oxygen atoms in total. The van der Waals surface area contributed by atoms with E-state index in [1.165, 1.54) is 12.8 Å². The van der Waals surface area contributed by atoms with Gasteiger partial charge in [0.15, 0.2) is 0 Å². The zero-order valence-corrected chi connectivity index (χ0v) is 12.2. The first-order chi connectivity index (χ1) is 10.8. The summed E-state index contributed by atoms with van der Waals surface area (Å²) in [5.41, 5.74) is 0. The summed E-state index contributed by atoms with van der Waals surface area (Å²) in [6.07, 6.45) is 7.72. The Kier molecular flexibility index (Phi) is 3.32. The molecule has 2 aromatic rings. The fourth-order valence-corrected chi connectivity index (χ4v) is 3.15. The minimum absolute atomic E-state index is 0.135. The minimum Gasteiger partial charge on any atom is -0.341 e. The molecule has 22 heavy (non-hydrogen) atoms. The third kappa shape index (κ3) is 2.36. The van der Waals surface area contributed by atoms with E-state index in [1.807, 2.05) is 4.90 Å². The predicted octanol–water partition coefficient (Wildman–Crippen LogP) is 1.64. The summed E-state index contributed by atoms with van der Waals surface area (Å²) in [4.78, 5) is 26.7. The van der Waals surface area contributed by atoms with Gasteiger partial charge in [0.25, 0.3) is 0 Å². The number of hydrogen-bond donors (Lipinski definition) is 0. The van der Waals surface area contributed by atoms with Gasteiger partial charge in [0.1, 0.15) is 0 Å². The predicted molar refractivity (Wildman–Crippen MR) is 76.6 cm³/mol. The molecule has 0 atom stereocenters. The van der Waals surface area contributed by atoms with E-state index >= 15 is 0 Å². The normalized spacial score (nSPS) is 19.4. The van der Waals surface area contributed by atoms with Crippen molar-refractivity contribution in [1.82, 2.24) is 25.0 Å². The van der Waals surface area contributed by atoms with Crippen LogP contribution < -0.4 is 0 Å². The van der Waals surface area contributed by atoms with Crippen LogP contribution in [0.2, 0.25) is 0 Å². The number of amides is 1. The number of carbonyl (C=O) groups is 1. The van der Waals surface area contributed by atoms with Gasteiger partial charge in [0.2, 0.25) is 23.4 Å². The summed E-state index contributed by atoms with van der Waals surface area (Å²) in [7, 11) is 0. The van der Waals surface area contributed by atoms with Crippen LogP contribution in [0.4, 0.5) is 0 Å². The molecule has 3 heterocycles. The van der Waals surface area contributed by atoms with E-state index in [4.69, 9.17) is 4.52 Å². The molecule has 0 unspecified atom stereocenters. The van der Waals surface area contributed by atoms with Crippen molar-refractivity contribution in [1.29, 1.82) is 0 Å². The van der Waals surface area contributed by atoms with Crippen molar-refractivity contribution in [2.45, 2.75) is 31.6 Å². The standard InChI is InChI=1S/C15H17N5O2/c21-15(10-4-1-2-5-10)20-8-11(9-20)14-18-13(19-22-14)12-16-6-3-7-17-12/h3,6-7,10-11H,1-2,4-5,8-9H2. The number of hydrogen-bond acceptors (Lipinski definition) is 6. The Morgan fingerprint density at radius 3 is 2.59 bits per heavy atom. The van der Waals surface area contributed by atoms with Gasteiger partial charge in [0, 0.05) is 31.4 Å². The molecule has 2 aromatic heterocycles. The molecule has 7 heteroatoms. The summed E-state index contributed by atoms with van der Waals surface area (Å²) in [6, 6.07) is 1.74. The SMILES string of the molecule is O=C(C1CCCC1)N1CC(c2nc(-c3ncccn3)no2)C1. The summed E-state index contributed by atoms with van der Waals surface area (Å²) in [5.74, 6) is 2.08. The average Bonchev–Trinajstić information content (AvgIpc) is 3.18. The molecule has 0 aromatic carbocycles. The van der Waals surface area contributed by atoms with Crippen molar-refractivity contribution in [3.05, 3.63) is 24.4 Å². The highest BCUT2D eigenvalue weighted by molar-refractivity contribution is 5.80. The van der Waals surface area contributed by atoms with Gasteiger partial charge in [-0.15, -0.1) is 0 Å². The average molecular weight is 299 g/mol. The van der Waals surface area contributed by atoms with E-state index in [9.17, 15) is 4.79 Å². The van der Waals surface area contributed by atoms with Crippen LogP contribution in [0, 0.1) is 5.92 Å². The lowest BCUT2D eigenvalue weighted by atomic mass is 9.96. The zero-order valence-electron chi connectivity index (χ0n) is 12.2. The van der Waals surface area contributed by atoms with Gasteiger partial charge in [-0.3, -0.25) is 4.79 Å². The van der Waals surface area contributed by atoms with Gasteiger partial charge < -0.3 is 9.42 Å². The molecule has 1 amide bonds. The van der Waals surface area contributed by atoms with E-state index in [2.05, 4.69) is 20.1 Å². The zero-order chi connectivity index (χ0) is 14.9. The second kappa shape index (κ2) is 5.47. The van der Waals surface area contributed by atoms with E-state index in [0.717, 1.165) is 12.8 Å². The largest absolute Gasteiger partial charge is 0.341 e. The molecule has 0 spiro atoms. The highest BCUT2D eigenvalue weighted by Gasteiger charge is 2.38. The van der Waals surface area contributed by atoms with Crippen molar-refractivity contribution in [2.75, 3.05) is 13.1 Å². The van der Waals surface area contributed by atoms with Crippen LogP contribution in [0.1, 0.15) is 37.5 Å². The number of aromatic nitrogens is 4. The van der Waals surface area contributed by atoms with Crippen molar-refractivity contribution in [3.63, 3.8) is 0 Å². The monoisotopic (exact) mass is 299 g/mol. The molecule has 2 fully saturated rings. The lowest BCUT2D eigenvalue weighted by molar-refractivity contribution is -0.140. The summed E-state index contributed by atoms with van der Waals surface area (Å²) >= 11 is 0. The molecular formula is C15H17N5O2. The van der Waals surface area contributed by atoms with Crippen LogP contribution in [0.5, 0.6) is 0 Å². The van der Waals surface area contributed by atoms with Gasteiger partial charge >= 0.3 is 0 Å². The Morgan fingerprint density at radius 1 is 1.14 bits per heavy atom. The maximum atomic E-state index is 12.3. The number of nitrogens with zero attached hydrogens (tertiary/aromatic N) is 5. The first-order valence-corrected chi connectivity index (χ1v) is 7.71. The Morgan fingerprint density at radius 2 is 1.86 bits per heavy atom. The van der Waals surface area contributed by atoms with Crippen LogP contribution in [0.15, 0.2) is 23.0 Å². The van der Waals surface area contributed by atoms with Gasteiger partial charge in [-0.25, -0.2) is 9.97 Å². The number of carbonyl (C=O) groups excluding carboxylic acids is 1. The maximum absolute atomic E-state index is 12.3. The van der Waals surface area contributed by atoms with Crippen LogP contribution in [-0.4, -0.2) is 44.0 Å². The Bertz CT molecular complexity index is 660. The topological polar surface area (TPSA) is 85.0 Å². The summed E-state index contributed by atoms with van der Waals surface area (Å²) in [5, 5.41) is 3.92.